The van der Waals surface area contributed by atoms with Crippen LogP contribution in [0.1, 0.15) is 6.92 Å². The van der Waals surface area contributed by atoms with Crippen LogP contribution in [0.15, 0.2) is 0 Å². The zero-order valence-corrected chi connectivity index (χ0v) is 11.5. The third-order valence-corrected chi connectivity index (χ3v) is 3.82. The molecule has 4 amide bonds. The summed E-state index contributed by atoms with van der Waals surface area (Å²) in [4.78, 5) is 39.8. The van der Waals surface area contributed by atoms with Gasteiger partial charge in [0, 0.05) is 19.1 Å². The van der Waals surface area contributed by atoms with Gasteiger partial charge in [-0.05, 0) is 20.0 Å². The van der Waals surface area contributed by atoms with E-state index >= 15 is 0 Å². The van der Waals surface area contributed by atoms with Crippen molar-refractivity contribution in [1.82, 2.24) is 20.0 Å². The van der Waals surface area contributed by atoms with Gasteiger partial charge in [-0.3, -0.25) is 14.5 Å². The summed E-state index contributed by atoms with van der Waals surface area (Å²) in [7, 11) is 3.99. The first-order chi connectivity index (χ1) is 8.90. The third-order valence-electron chi connectivity index (χ3n) is 3.82. The van der Waals surface area contributed by atoms with E-state index in [1.54, 1.807) is 4.90 Å². The van der Waals surface area contributed by atoms with Gasteiger partial charge in [-0.15, -0.1) is 0 Å². The number of likely N-dealkylation sites (tertiary alicyclic amines) is 1. The molecule has 2 aliphatic heterocycles. The number of carbonyl (C=O) groups excluding carboxylic acids is 3. The van der Waals surface area contributed by atoms with E-state index in [1.807, 2.05) is 14.1 Å². The molecule has 7 nitrogen and oxygen atoms in total. The maximum atomic E-state index is 12.1. The topological polar surface area (TPSA) is 73.0 Å². The van der Waals surface area contributed by atoms with E-state index in [0.29, 0.717) is 25.0 Å². The molecule has 2 fully saturated rings. The molecule has 0 bridgehead atoms. The van der Waals surface area contributed by atoms with E-state index in [2.05, 4.69) is 17.1 Å². The van der Waals surface area contributed by atoms with Crippen molar-refractivity contribution in [2.45, 2.75) is 13.0 Å². The predicted molar refractivity (Wildman–Crippen MR) is 68.3 cm³/mol. The quantitative estimate of drug-likeness (QED) is 0.663. The van der Waals surface area contributed by atoms with Crippen LogP contribution in [0, 0.1) is 5.92 Å². The monoisotopic (exact) mass is 268 g/mol. The van der Waals surface area contributed by atoms with Gasteiger partial charge in [0.1, 0.15) is 6.54 Å². The lowest BCUT2D eigenvalue weighted by Crippen LogP contribution is -2.43. The van der Waals surface area contributed by atoms with E-state index in [4.69, 9.17) is 0 Å². The molecule has 2 saturated heterocycles. The fourth-order valence-electron chi connectivity index (χ4n) is 2.68. The lowest BCUT2D eigenvalue weighted by Gasteiger charge is -2.23. The van der Waals surface area contributed by atoms with Gasteiger partial charge in [0.15, 0.2) is 0 Å². The highest BCUT2D eigenvalue weighted by atomic mass is 16.2. The number of likely N-dealkylation sites (N-methyl/N-ethyl adjacent to an activating group) is 1. The molecule has 7 heteroatoms. The molecule has 0 spiro atoms. The fraction of sp³-hybridized carbons (Fsp3) is 0.750. The van der Waals surface area contributed by atoms with Crippen molar-refractivity contribution < 1.29 is 14.4 Å². The van der Waals surface area contributed by atoms with Crippen molar-refractivity contribution in [3.05, 3.63) is 0 Å². The number of carbonyl (C=O) groups is 3. The number of urea groups is 1. The van der Waals surface area contributed by atoms with Crippen LogP contribution in [0.3, 0.4) is 0 Å². The summed E-state index contributed by atoms with van der Waals surface area (Å²) < 4.78 is 0. The standard InChI is InChI=1S/C12H20N4O3/c1-8-5-15(6-9(8)14(2)3)11(18)7-16-10(17)4-13-12(16)19/h8-9H,4-7H2,1-3H3,(H,13,19)/t8-,9+/m0/s1. The van der Waals surface area contributed by atoms with Crippen LogP contribution < -0.4 is 5.32 Å². The minimum Gasteiger partial charge on any atom is -0.339 e. The Labute approximate surface area is 112 Å². The number of nitrogens with one attached hydrogen (secondary N) is 1. The second-order valence-corrected chi connectivity index (χ2v) is 5.45. The number of imide groups is 1. The van der Waals surface area contributed by atoms with Gasteiger partial charge in [-0.1, -0.05) is 6.92 Å². The minimum atomic E-state index is -0.477. The average molecular weight is 268 g/mol. The molecule has 0 aromatic heterocycles. The molecule has 19 heavy (non-hydrogen) atoms. The molecule has 0 saturated carbocycles. The summed E-state index contributed by atoms with van der Waals surface area (Å²) in [5, 5.41) is 2.41. The fourth-order valence-corrected chi connectivity index (χ4v) is 2.68. The highest BCUT2D eigenvalue weighted by Crippen LogP contribution is 2.20. The number of nitrogens with zero attached hydrogens (tertiary/aromatic N) is 3. The Bertz CT molecular complexity index is 394. The van der Waals surface area contributed by atoms with Gasteiger partial charge in [0.2, 0.25) is 5.91 Å². The number of hydrogen-bond donors (Lipinski definition) is 1. The van der Waals surface area contributed by atoms with Gasteiger partial charge < -0.3 is 15.1 Å². The molecule has 0 radical (unpaired) electrons. The molecule has 2 aliphatic rings. The van der Waals surface area contributed by atoms with Crippen molar-refractivity contribution in [1.29, 1.82) is 0 Å². The van der Waals surface area contributed by atoms with Crippen molar-refractivity contribution in [2.75, 3.05) is 40.3 Å². The molecule has 1 N–H and O–H groups in total. The SMILES string of the molecule is C[C@H]1CN(C(=O)CN2C(=O)CNC2=O)C[C@H]1N(C)C. The molecule has 0 unspecified atom stereocenters. The van der Waals surface area contributed by atoms with Gasteiger partial charge in [0.05, 0.1) is 6.54 Å². The maximum Gasteiger partial charge on any atom is 0.325 e. The lowest BCUT2D eigenvalue weighted by molar-refractivity contribution is -0.135. The molecular weight excluding hydrogens is 248 g/mol. The normalized spacial score (nSPS) is 27.4. The Kier molecular flexibility index (Phi) is 3.75. The maximum absolute atomic E-state index is 12.1. The first kappa shape index (κ1) is 13.8. The van der Waals surface area contributed by atoms with E-state index in [9.17, 15) is 14.4 Å². The molecule has 0 aliphatic carbocycles. The summed E-state index contributed by atoms with van der Waals surface area (Å²) in [5.74, 6) is -0.113. The Morgan fingerprint density at radius 1 is 1.37 bits per heavy atom. The highest BCUT2D eigenvalue weighted by molar-refractivity contribution is 6.04. The van der Waals surface area contributed by atoms with E-state index in [1.165, 1.54) is 0 Å². The number of hydrogen-bond acceptors (Lipinski definition) is 4. The predicted octanol–water partition coefficient (Wildman–Crippen LogP) is -1.05. The van der Waals surface area contributed by atoms with Crippen LogP contribution in [-0.2, 0) is 9.59 Å². The second-order valence-electron chi connectivity index (χ2n) is 5.45. The molecular formula is C12H20N4O3. The van der Waals surface area contributed by atoms with Crippen molar-refractivity contribution in [3.8, 4) is 0 Å². The summed E-state index contributed by atoms with van der Waals surface area (Å²) in [5.41, 5.74) is 0. The first-order valence-corrected chi connectivity index (χ1v) is 6.42. The Morgan fingerprint density at radius 2 is 2.05 bits per heavy atom. The van der Waals surface area contributed by atoms with E-state index < -0.39 is 6.03 Å². The van der Waals surface area contributed by atoms with Crippen LogP contribution in [0.4, 0.5) is 4.79 Å². The summed E-state index contributed by atoms with van der Waals surface area (Å²) in [6.45, 7) is 3.26. The molecule has 106 valence electrons. The zero-order valence-electron chi connectivity index (χ0n) is 11.5. The third kappa shape index (κ3) is 2.70. The molecule has 2 atom stereocenters. The van der Waals surface area contributed by atoms with Crippen LogP contribution in [0.5, 0.6) is 0 Å². The molecule has 2 rings (SSSR count). The first-order valence-electron chi connectivity index (χ1n) is 6.42. The number of rotatable bonds is 3. The second kappa shape index (κ2) is 5.16. The average Bonchev–Trinajstić information content (AvgIpc) is 2.86. The minimum absolute atomic E-state index is 0.0111. The Morgan fingerprint density at radius 3 is 2.53 bits per heavy atom. The van der Waals surface area contributed by atoms with Crippen LogP contribution >= 0.6 is 0 Å². The Balaban J connectivity index is 1.94. The summed E-state index contributed by atoms with van der Waals surface area (Å²) >= 11 is 0. The summed E-state index contributed by atoms with van der Waals surface area (Å²) in [6, 6.07) is -0.151. The van der Waals surface area contributed by atoms with Crippen molar-refractivity contribution in [3.63, 3.8) is 0 Å². The van der Waals surface area contributed by atoms with Crippen LogP contribution in [-0.4, -0.2) is 78.9 Å². The van der Waals surface area contributed by atoms with E-state index in [0.717, 1.165) is 4.90 Å². The lowest BCUT2D eigenvalue weighted by atomic mass is 10.1. The Hall–Kier alpha value is -1.63. The largest absolute Gasteiger partial charge is 0.339 e. The smallest absolute Gasteiger partial charge is 0.325 e. The molecule has 0 aromatic rings. The summed E-state index contributed by atoms with van der Waals surface area (Å²) in [6.07, 6.45) is 0. The zero-order chi connectivity index (χ0) is 14.2. The van der Waals surface area contributed by atoms with Gasteiger partial charge in [-0.2, -0.15) is 0 Å². The van der Waals surface area contributed by atoms with Gasteiger partial charge in [-0.25, -0.2) is 4.79 Å². The van der Waals surface area contributed by atoms with Crippen LogP contribution in [0.25, 0.3) is 0 Å². The van der Waals surface area contributed by atoms with Crippen molar-refractivity contribution >= 4 is 17.8 Å². The number of amides is 4. The molecule has 2 heterocycles. The van der Waals surface area contributed by atoms with Gasteiger partial charge in [0.25, 0.3) is 5.91 Å². The highest BCUT2D eigenvalue weighted by Gasteiger charge is 2.36. The van der Waals surface area contributed by atoms with Gasteiger partial charge >= 0.3 is 6.03 Å². The molecule has 0 aromatic carbocycles. The van der Waals surface area contributed by atoms with Crippen molar-refractivity contribution in [2.24, 2.45) is 5.92 Å². The van der Waals surface area contributed by atoms with E-state index in [-0.39, 0.29) is 24.9 Å². The van der Waals surface area contributed by atoms with Crippen LogP contribution in [0.2, 0.25) is 0 Å².